The maximum Gasteiger partial charge on any atom is 0.246 e. The fourth-order valence-electron chi connectivity index (χ4n) is 3.27. The van der Waals surface area contributed by atoms with E-state index in [2.05, 4.69) is 5.32 Å². The van der Waals surface area contributed by atoms with Gasteiger partial charge in [0.2, 0.25) is 15.9 Å². The van der Waals surface area contributed by atoms with E-state index in [0.29, 0.717) is 24.5 Å². The molecule has 1 amide bonds. The standard InChI is InChI=1S/C22H31N3O4S/c1-6-24(7-2)30(27,28)19-13-14-21(29-5)20(15-19)23-16-22(26)25(17(3)4)18-11-9-8-10-12-18/h8-15,17,23H,6-7,16H2,1-5H3. The molecule has 30 heavy (non-hydrogen) atoms. The summed E-state index contributed by atoms with van der Waals surface area (Å²) in [4.78, 5) is 14.8. The Morgan fingerprint density at radius 2 is 1.70 bits per heavy atom. The number of para-hydroxylation sites is 1. The van der Waals surface area contributed by atoms with Crippen LogP contribution in [0.5, 0.6) is 5.75 Å². The molecule has 0 aliphatic heterocycles. The lowest BCUT2D eigenvalue weighted by molar-refractivity contribution is -0.117. The normalized spacial score (nSPS) is 11.6. The first-order valence-corrected chi connectivity index (χ1v) is 11.5. The van der Waals surface area contributed by atoms with E-state index < -0.39 is 10.0 Å². The van der Waals surface area contributed by atoms with E-state index in [1.807, 2.05) is 44.2 Å². The van der Waals surface area contributed by atoms with Gasteiger partial charge in [0.1, 0.15) is 5.75 Å². The monoisotopic (exact) mass is 433 g/mol. The maximum atomic E-state index is 12.9. The van der Waals surface area contributed by atoms with Crippen molar-refractivity contribution in [3.63, 3.8) is 0 Å². The van der Waals surface area contributed by atoms with Crippen molar-refractivity contribution in [3.8, 4) is 5.75 Å². The molecule has 0 spiro atoms. The molecule has 0 unspecified atom stereocenters. The van der Waals surface area contributed by atoms with Crippen LogP contribution in [-0.4, -0.2) is 51.4 Å². The third-order valence-corrected chi connectivity index (χ3v) is 6.81. The van der Waals surface area contributed by atoms with Crippen molar-refractivity contribution in [2.75, 3.05) is 37.0 Å². The maximum absolute atomic E-state index is 12.9. The molecular weight excluding hydrogens is 402 g/mol. The van der Waals surface area contributed by atoms with Crippen molar-refractivity contribution in [1.29, 1.82) is 0 Å². The van der Waals surface area contributed by atoms with Crippen molar-refractivity contribution in [2.24, 2.45) is 0 Å². The molecular formula is C22H31N3O4S. The summed E-state index contributed by atoms with van der Waals surface area (Å²) in [5.74, 6) is 0.340. The molecule has 0 aromatic heterocycles. The molecule has 0 aliphatic rings. The Hall–Kier alpha value is -2.58. The first kappa shape index (κ1) is 23.7. The Kier molecular flexibility index (Phi) is 8.25. The zero-order chi connectivity index (χ0) is 22.3. The molecule has 164 valence electrons. The molecule has 1 N–H and O–H groups in total. The van der Waals surface area contributed by atoms with Crippen LogP contribution in [-0.2, 0) is 14.8 Å². The number of sulfonamides is 1. The molecule has 0 heterocycles. The van der Waals surface area contributed by atoms with Crippen molar-refractivity contribution in [3.05, 3.63) is 48.5 Å². The average molecular weight is 434 g/mol. The first-order chi connectivity index (χ1) is 14.3. The lowest BCUT2D eigenvalue weighted by Gasteiger charge is -2.27. The predicted octanol–water partition coefficient (Wildman–Crippen LogP) is 3.58. The highest BCUT2D eigenvalue weighted by molar-refractivity contribution is 7.89. The van der Waals surface area contributed by atoms with Crippen LogP contribution in [0.25, 0.3) is 0 Å². The molecule has 0 bridgehead atoms. The molecule has 2 aromatic rings. The minimum atomic E-state index is -3.62. The minimum Gasteiger partial charge on any atom is -0.495 e. The Labute approximate surface area is 179 Å². The second kappa shape index (κ2) is 10.4. The van der Waals surface area contributed by atoms with Crippen LogP contribution >= 0.6 is 0 Å². The number of benzene rings is 2. The Morgan fingerprint density at radius 3 is 2.23 bits per heavy atom. The molecule has 0 saturated carbocycles. The van der Waals surface area contributed by atoms with E-state index in [-0.39, 0.29) is 23.4 Å². The molecule has 7 nitrogen and oxygen atoms in total. The van der Waals surface area contributed by atoms with Gasteiger partial charge in [0.05, 0.1) is 24.2 Å². The first-order valence-electron chi connectivity index (χ1n) is 10.0. The molecule has 0 radical (unpaired) electrons. The number of rotatable bonds is 10. The summed E-state index contributed by atoms with van der Waals surface area (Å²) in [6, 6.07) is 14.0. The summed E-state index contributed by atoms with van der Waals surface area (Å²) in [5, 5.41) is 3.06. The van der Waals surface area contributed by atoms with Crippen LogP contribution in [0.4, 0.5) is 11.4 Å². The van der Waals surface area contributed by atoms with Crippen LogP contribution in [0.3, 0.4) is 0 Å². The van der Waals surface area contributed by atoms with Gasteiger partial charge in [-0.1, -0.05) is 32.0 Å². The smallest absolute Gasteiger partial charge is 0.246 e. The number of methoxy groups -OCH3 is 1. The number of amides is 1. The van der Waals surface area contributed by atoms with E-state index in [0.717, 1.165) is 5.69 Å². The van der Waals surface area contributed by atoms with Crippen molar-refractivity contribution >= 4 is 27.3 Å². The number of nitrogens with zero attached hydrogens (tertiary/aromatic N) is 2. The minimum absolute atomic E-state index is 0.00178. The van der Waals surface area contributed by atoms with Gasteiger partial charge >= 0.3 is 0 Å². The number of anilines is 2. The summed E-state index contributed by atoms with van der Waals surface area (Å²) < 4.78 is 32.4. The summed E-state index contributed by atoms with van der Waals surface area (Å²) in [5.41, 5.74) is 1.26. The second-order valence-electron chi connectivity index (χ2n) is 7.00. The van der Waals surface area contributed by atoms with Crippen molar-refractivity contribution in [1.82, 2.24) is 4.31 Å². The van der Waals surface area contributed by atoms with Gasteiger partial charge in [-0.05, 0) is 44.2 Å². The topological polar surface area (TPSA) is 79.0 Å². The van der Waals surface area contributed by atoms with E-state index in [4.69, 9.17) is 4.74 Å². The van der Waals surface area contributed by atoms with Gasteiger partial charge in [0, 0.05) is 24.8 Å². The van der Waals surface area contributed by atoms with Crippen LogP contribution in [0.1, 0.15) is 27.7 Å². The molecule has 0 fully saturated rings. The van der Waals surface area contributed by atoms with E-state index in [1.54, 1.807) is 24.8 Å². The Bertz CT molecular complexity index is 942. The van der Waals surface area contributed by atoms with Crippen LogP contribution in [0, 0.1) is 0 Å². The molecule has 0 saturated heterocycles. The van der Waals surface area contributed by atoms with Crippen LogP contribution in [0.15, 0.2) is 53.4 Å². The number of nitrogens with one attached hydrogen (secondary N) is 1. The highest BCUT2D eigenvalue weighted by Gasteiger charge is 2.24. The van der Waals surface area contributed by atoms with Gasteiger partial charge in [-0.3, -0.25) is 4.79 Å². The van der Waals surface area contributed by atoms with Crippen LogP contribution in [0.2, 0.25) is 0 Å². The highest BCUT2D eigenvalue weighted by atomic mass is 32.2. The Balaban J connectivity index is 2.28. The summed E-state index contributed by atoms with van der Waals surface area (Å²) in [7, 11) is -2.11. The van der Waals surface area contributed by atoms with Crippen molar-refractivity contribution in [2.45, 2.75) is 38.6 Å². The van der Waals surface area contributed by atoms with Gasteiger partial charge in [-0.15, -0.1) is 0 Å². The van der Waals surface area contributed by atoms with Gasteiger partial charge in [-0.2, -0.15) is 4.31 Å². The van der Waals surface area contributed by atoms with Gasteiger partial charge < -0.3 is 15.0 Å². The average Bonchev–Trinajstić information content (AvgIpc) is 2.73. The summed E-state index contributed by atoms with van der Waals surface area (Å²) in [6.45, 7) is 8.25. The largest absolute Gasteiger partial charge is 0.495 e. The molecule has 8 heteroatoms. The van der Waals surface area contributed by atoms with Gasteiger partial charge in [-0.25, -0.2) is 8.42 Å². The SMILES string of the molecule is CCN(CC)S(=O)(=O)c1ccc(OC)c(NCC(=O)N(c2ccccc2)C(C)C)c1. The number of carbonyl (C=O) groups excluding carboxylic acids is 1. The van der Waals surface area contributed by atoms with Crippen molar-refractivity contribution < 1.29 is 17.9 Å². The van der Waals surface area contributed by atoms with E-state index in [9.17, 15) is 13.2 Å². The van der Waals surface area contributed by atoms with E-state index >= 15 is 0 Å². The molecule has 2 rings (SSSR count). The number of hydrogen-bond acceptors (Lipinski definition) is 5. The second-order valence-corrected chi connectivity index (χ2v) is 8.94. The summed E-state index contributed by atoms with van der Waals surface area (Å²) in [6.07, 6.45) is 0. The molecule has 0 aliphatic carbocycles. The Morgan fingerprint density at radius 1 is 1.07 bits per heavy atom. The lowest BCUT2D eigenvalue weighted by atomic mass is 10.2. The third kappa shape index (κ3) is 5.31. The quantitative estimate of drug-likeness (QED) is 0.620. The van der Waals surface area contributed by atoms with Crippen LogP contribution < -0.4 is 15.0 Å². The zero-order valence-corrected chi connectivity index (χ0v) is 19.1. The highest BCUT2D eigenvalue weighted by Crippen LogP contribution is 2.29. The van der Waals surface area contributed by atoms with Gasteiger partial charge in [0.15, 0.2) is 0 Å². The fraction of sp³-hybridized carbons (Fsp3) is 0.409. The third-order valence-electron chi connectivity index (χ3n) is 4.76. The fourth-order valence-corrected chi connectivity index (χ4v) is 4.76. The molecule has 0 atom stereocenters. The molecule has 2 aromatic carbocycles. The predicted molar refractivity (Wildman–Crippen MR) is 121 cm³/mol. The number of hydrogen-bond donors (Lipinski definition) is 1. The summed E-state index contributed by atoms with van der Waals surface area (Å²) >= 11 is 0. The van der Waals surface area contributed by atoms with E-state index in [1.165, 1.54) is 23.5 Å². The number of ether oxygens (including phenoxy) is 1. The number of carbonyl (C=O) groups is 1. The zero-order valence-electron chi connectivity index (χ0n) is 18.3. The lowest BCUT2D eigenvalue weighted by Crippen LogP contribution is -2.40. The van der Waals surface area contributed by atoms with Gasteiger partial charge in [0.25, 0.3) is 0 Å².